The normalized spacial score (nSPS) is 17.8. The van der Waals surface area contributed by atoms with E-state index < -0.39 is 0 Å². The third-order valence-electron chi connectivity index (χ3n) is 8.83. The Hall–Kier alpha value is 0. The third-order valence-corrected chi connectivity index (χ3v) is 8.83. The van der Waals surface area contributed by atoms with Gasteiger partial charge < -0.3 is 0 Å². The van der Waals surface area contributed by atoms with Crippen LogP contribution in [0.2, 0.25) is 0 Å². The van der Waals surface area contributed by atoms with Gasteiger partial charge >= 0.3 is 0 Å². The lowest BCUT2D eigenvalue weighted by atomic mass is 9.56. The highest BCUT2D eigenvalue weighted by Gasteiger charge is 2.43. The molecular formula is C24H50. The Morgan fingerprint density at radius 2 is 1.04 bits per heavy atom. The van der Waals surface area contributed by atoms with Crippen LogP contribution in [0.5, 0.6) is 0 Å². The third kappa shape index (κ3) is 5.25. The van der Waals surface area contributed by atoms with Gasteiger partial charge in [0.2, 0.25) is 0 Å². The van der Waals surface area contributed by atoms with Gasteiger partial charge in [0.25, 0.3) is 0 Å². The molecule has 0 radical (unpaired) electrons. The van der Waals surface area contributed by atoms with Crippen LogP contribution in [0.3, 0.4) is 0 Å². The SMILES string of the molecule is CCC(C)(C)C(C)(C)C(C)CC(C)C(C)(C)CC(C)(C)C(C)(C)C. The topological polar surface area (TPSA) is 0 Å². The van der Waals surface area contributed by atoms with Crippen LogP contribution in [0.25, 0.3) is 0 Å². The summed E-state index contributed by atoms with van der Waals surface area (Å²) >= 11 is 0. The molecule has 0 amide bonds. The van der Waals surface area contributed by atoms with E-state index in [2.05, 4.69) is 96.9 Å². The minimum Gasteiger partial charge on any atom is -0.0649 e. The van der Waals surface area contributed by atoms with Crippen molar-refractivity contribution >= 4 is 0 Å². The predicted octanol–water partition coefficient (Wildman–Crippen LogP) is 8.60. The summed E-state index contributed by atoms with van der Waals surface area (Å²) in [6.07, 6.45) is 3.86. The van der Waals surface area contributed by atoms with Gasteiger partial charge in [-0.25, -0.2) is 0 Å². The molecule has 0 aromatic rings. The average molecular weight is 339 g/mol. The molecule has 0 aromatic carbocycles. The predicted molar refractivity (Wildman–Crippen MR) is 112 cm³/mol. The standard InChI is InChI=1S/C24H50/c1-15-22(9,10)24(13,14)19(3)16-18(2)21(7,8)17-23(11,12)20(4,5)6/h18-19H,15-17H2,1-14H3. The Labute approximate surface area is 155 Å². The summed E-state index contributed by atoms with van der Waals surface area (Å²) < 4.78 is 0. The van der Waals surface area contributed by atoms with Crippen LogP contribution in [-0.4, -0.2) is 0 Å². The van der Waals surface area contributed by atoms with Gasteiger partial charge in [-0.15, -0.1) is 0 Å². The van der Waals surface area contributed by atoms with Crippen molar-refractivity contribution in [2.75, 3.05) is 0 Å². The van der Waals surface area contributed by atoms with Crippen LogP contribution < -0.4 is 0 Å². The van der Waals surface area contributed by atoms with Crippen molar-refractivity contribution in [1.29, 1.82) is 0 Å². The lowest BCUT2D eigenvalue weighted by Crippen LogP contribution is -2.41. The van der Waals surface area contributed by atoms with Crippen molar-refractivity contribution < 1.29 is 0 Å². The summed E-state index contributed by atoms with van der Waals surface area (Å²) in [4.78, 5) is 0. The van der Waals surface area contributed by atoms with Crippen molar-refractivity contribution in [2.45, 2.75) is 116 Å². The molecule has 24 heavy (non-hydrogen) atoms. The quantitative estimate of drug-likeness (QED) is 0.415. The van der Waals surface area contributed by atoms with Gasteiger partial charge in [-0.05, 0) is 51.8 Å². The van der Waals surface area contributed by atoms with E-state index in [0.29, 0.717) is 27.1 Å². The molecule has 0 rings (SSSR count). The molecule has 2 unspecified atom stereocenters. The lowest BCUT2D eigenvalue weighted by Gasteiger charge is -2.50. The Kier molecular flexibility index (Phi) is 7.32. The van der Waals surface area contributed by atoms with E-state index in [4.69, 9.17) is 0 Å². The fourth-order valence-corrected chi connectivity index (χ4v) is 3.85. The molecule has 0 saturated heterocycles. The van der Waals surface area contributed by atoms with Gasteiger partial charge in [-0.3, -0.25) is 0 Å². The highest BCUT2D eigenvalue weighted by atomic mass is 14.5. The first-order chi connectivity index (χ1) is 10.3. The highest BCUT2D eigenvalue weighted by Crippen LogP contribution is 2.52. The average Bonchev–Trinajstić information content (AvgIpc) is 2.35. The molecular weight excluding hydrogens is 288 g/mol. The summed E-state index contributed by atoms with van der Waals surface area (Å²) in [6, 6.07) is 0. The summed E-state index contributed by atoms with van der Waals surface area (Å²) in [5.74, 6) is 1.47. The molecule has 0 fully saturated rings. The maximum absolute atomic E-state index is 2.50. The Bertz CT molecular complexity index is 387. The monoisotopic (exact) mass is 338 g/mol. The van der Waals surface area contributed by atoms with E-state index in [-0.39, 0.29) is 0 Å². The van der Waals surface area contributed by atoms with E-state index >= 15 is 0 Å². The number of hydrogen-bond acceptors (Lipinski definition) is 0. The van der Waals surface area contributed by atoms with Gasteiger partial charge in [0, 0.05) is 0 Å². The van der Waals surface area contributed by atoms with Crippen LogP contribution in [-0.2, 0) is 0 Å². The zero-order valence-electron chi connectivity index (χ0n) is 19.8. The first-order valence-electron chi connectivity index (χ1n) is 10.3. The minimum atomic E-state index is 0.346. The Balaban J connectivity index is 5.19. The molecule has 0 nitrogen and oxygen atoms in total. The summed E-state index contributed by atoms with van der Waals surface area (Å²) in [5.41, 5.74) is 1.83. The molecule has 0 spiro atoms. The summed E-state index contributed by atoms with van der Waals surface area (Å²) in [7, 11) is 0. The van der Waals surface area contributed by atoms with Crippen LogP contribution in [0.15, 0.2) is 0 Å². The zero-order valence-corrected chi connectivity index (χ0v) is 19.8. The second-order valence-electron chi connectivity index (χ2n) is 12.3. The van der Waals surface area contributed by atoms with Crippen molar-refractivity contribution in [1.82, 2.24) is 0 Å². The van der Waals surface area contributed by atoms with E-state index in [1.807, 2.05) is 0 Å². The first-order valence-corrected chi connectivity index (χ1v) is 10.3. The molecule has 2 atom stereocenters. The second-order valence-corrected chi connectivity index (χ2v) is 12.3. The zero-order chi connectivity index (χ0) is 19.8. The van der Waals surface area contributed by atoms with Crippen molar-refractivity contribution in [2.24, 2.45) is 38.9 Å². The van der Waals surface area contributed by atoms with Gasteiger partial charge in [0.05, 0.1) is 0 Å². The molecule has 0 bridgehead atoms. The van der Waals surface area contributed by atoms with E-state index in [0.717, 1.165) is 11.8 Å². The van der Waals surface area contributed by atoms with Crippen LogP contribution in [0, 0.1) is 38.9 Å². The maximum atomic E-state index is 2.50. The Morgan fingerprint density at radius 3 is 1.38 bits per heavy atom. The number of rotatable bonds is 8. The largest absolute Gasteiger partial charge is 0.0649 e. The molecule has 0 aliphatic carbocycles. The van der Waals surface area contributed by atoms with Crippen LogP contribution in [0.4, 0.5) is 0 Å². The smallest absolute Gasteiger partial charge is 0.0277 e. The van der Waals surface area contributed by atoms with Crippen LogP contribution >= 0.6 is 0 Å². The molecule has 146 valence electrons. The van der Waals surface area contributed by atoms with Crippen molar-refractivity contribution in [3.05, 3.63) is 0 Å². The lowest BCUT2D eigenvalue weighted by molar-refractivity contribution is 0.00110. The van der Waals surface area contributed by atoms with Gasteiger partial charge in [-0.2, -0.15) is 0 Å². The summed E-state index contributed by atoms with van der Waals surface area (Å²) in [5, 5.41) is 0. The highest BCUT2D eigenvalue weighted by molar-refractivity contribution is 4.93. The fourth-order valence-electron chi connectivity index (χ4n) is 3.85. The Morgan fingerprint density at radius 1 is 0.625 bits per heavy atom. The molecule has 0 saturated carbocycles. The van der Waals surface area contributed by atoms with E-state index in [1.165, 1.54) is 19.3 Å². The van der Waals surface area contributed by atoms with Gasteiger partial charge in [-0.1, -0.05) is 103 Å². The molecule has 0 aliphatic rings. The second kappa shape index (κ2) is 7.32. The van der Waals surface area contributed by atoms with Gasteiger partial charge in [0.1, 0.15) is 0 Å². The minimum absolute atomic E-state index is 0.346. The van der Waals surface area contributed by atoms with E-state index in [1.54, 1.807) is 0 Å². The molecule has 0 aliphatic heterocycles. The van der Waals surface area contributed by atoms with Crippen molar-refractivity contribution in [3.63, 3.8) is 0 Å². The van der Waals surface area contributed by atoms with Gasteiger partial charge in [0.15, 0.2) is 0 Å². The molecule has 0 heterocycles. The summed E-state index contributed by atoms with van der Waals surface area (Å²) in [6.45, 7) is 34.3. The maximum Gasteiger partial charge on any atom is -0.0277 e. The van der Waals surface area contributed by atoms with E-state index in [9.17, 15) is 0 Å². The molecule has 0 aromatic heterocycles. The van der Waals surface area contributed by atoms with Crippen molar-refractivity contribution in [3.8, 4) is 0 Å². The number of hydrogen-bond donors (Lipinski definition) is 0. The first kappa shape index (κ1) is 24.0. The fraction of sp³-hybridized carbons (Fsp3) is 1.00. The van der Waals surface area contributed by atoms with Crippen LogP contribution in [0.1, 0.15) is 116 Å². The molecule has 0 heteroatoms. The molecule has 0 N–H and O–H groups in total.